The van der Waals surface area contributed by atoms with Crippen LogP contribution in [0.5, 0.6) is 0 Å². The molecule has 0 aromatic carbocycles. The van der Waals surface area contributed by atoms with Crippen molar-refractivity contribution in [1.82, 2.24) is 14.8 Å². The highest BCUT2D eigenvalue weighted by Gasteiger charge is 2.18. The van der Waals surface area contributed by atoms with Gasteiger partial charge in [-0.15, -0.1) is 0 Å². The third kappa shape index (κ3) is 3.67. The highest BCUT2D eigenvalue weighted by Crippen LogP contribution is 2.30. The molecule has 0 spiro atoms. The highest BCUT2D eigenvalue weighted by molar-refractivity contribution is 9.13. The van der Waals surface area contributed by atoms with Gasteiger partial charge in [0, 0.05) is 13.0 Å². The van der Waals surface area contributed by atoms with E-state index in [2.05, 4.69) is 55.8 Å². The van der Waals surface area contributed by atoms with Gasteiger partial charge in [0.15, 0.2) is 4.67 Å². The third-order valence-electron chi connectivity index (χ3n) is 2.60. The minimum atomic E-state index is -0.738. The minimum absolute atomic E-state index is 0.374. The summed E-state index contributed by atoms with van der Waals surface area (Å²) in [5.74, 6) is 1.73. The monoisotopic (exact) mass is 391 g/mol. The van der Waals surface area contributed by atoms with Gasteiger partial charge in [-0.1, -0.05) is 13.8 Å². The first kappa shape index (κ1) is 14.7. The summed E-state index contributed by atoms with van der Waals surface area (Å²) in [7, 11) is 0. The van der Waals surface area contributed by atoms with Crippen LogP contribution in [-0.4, -0.2) is 19.9 Å². The fourth-order valence-electron chi connectivity index (χ4n) is 1.75. The second-order valence-corrected chi connectivity index (χ2v) is 6.32. The number of nitrogens with zero attached hydrogens (tertiary/aromatic N) is 3. The number of hydrogen-bond donors (Lipinski definition) is 1. The van der Waals surface area contributed by atoms with Crippen molar-refractivity contribution in [3.63, 3.8) is 0 Å². The molecule has 1 unspecified atom stereocenters. The lowest BCUT2D eigenvalue weighted by molar-refractivity contribution is 0.144. The summed E-state index contributed by atoms with van der Waals surface area (Å²) in [4.78, 5) is 4.19. The fraction of sp³-hybridized carbons (Fsp3) is 0.500. The molecule has 2 heterocycles. The van der Waals surface area contributed by atoms with Crippen molar-refractivity contribution in [3.8, 4) is 0 Å². The Bertz CT molecular complexity index is 531. The predicted molar refractivity (Wildman–Crippen MR) is 77.6 cm³/mol. The van der Waals surface area contributed by atoms with Crippen molar-refractivity contribution in [2.24, 2.45) is 5.92 Å². The van der Waals surface area contributed by atoms with Gasteiger partial charge >= 0.3 is 0 Å². The van der Waals surface area contributed by atoms with Gasteiger partial charge in [-0.2, -0.15) is 5.10 Å². The van der Waals surface area contributed by atoms with Crippen LogP contribution in [0.1, 0.15) is 31.5 Å². The Hall–Kier alpha value is -0.660. The molecule has 2 aromatic rings. The molecule has 0 fully saturated rings. The molecule has 0 saturated heterocycles. The van der Waals surface area contributed by atoms with Crippen molar-refractivity contribution < 1.29 is 9.52 Å². The number of furan rings is 1. The van der Waals surface area contributed by atoms with Crippen molar-refractivity contribution >= 4 is 31.9 Å². The summed E-state index contributed by atoms with van der Waals surface area (Å²) >= 11 is 6.58. The van der Waals surface area contributed by atoms with Gasteiger partial charge in [0.05, 0.1) is 4.47 Å². The van der Waals surface area contributed by atoms with Crippen LogP contribution < -0.4 is 0 Å². The lowest BCUT2D eigenvalue weighted by atomic mass is 10.2. The molecule has 19 heavy (non-hydrogen) atoms. The molecule has 1 atom stereocenters. The number of aromatic nitrogens is 3. The Morgan fingerprint density at radius 3 is 2.74 bits per heavy atom. The van der Waals surface area contributed by atoms with Gasteiger partial charge in [0.2, 0.25) is 0 Å². The van der Waals surface area contributed by atoms with Crippen LogP contribution in [0.3, 0.4) is 0 Å². The average Bonchev–Trinajstić information content (AvgIpc) is 2.87. The second-order valence-electron chi connectivity index (χ2n) is 4.74. The maximum atomic E-state index is 10.2. The smallest absolute Gasteiger partial charge is 0.183 e. The van der Waals surface area contributed by atoms with Gasteiger partial charge in [0.25, 0.3) is 0 Å². The van der Waals surface area contributed by atoms with E-state index >= 15 is 0 Å². The molecule has 5 nitrogen and oxygen atoms in total. The summed E-state index contributed by atoms with van der Waals surface area (Å²) in [5, 5.41) is 14.3. The molecule has 0 saturated carbocycles. The van der Waals surface area contributed by atoms with Crippen LogP contribution in [0.15, 0.2) is 26.0 Å². The van der Waals surface area contributed by atoms with E-state index in [1.54, 1.807) is 6.07 Å². The number of hydrogen-bond acceptors (Lipinski definition) is 4. The molecule has 104 valence electrons. The number of halogens is 2. The van der Waals surface area contributed by atoms with E-state index < -0.39 is 6.10 Å². The lowest BCUT2D eigenvalue weighted by Crippen LogP contribution is -2.13. The fourth-order valence-corrected chi connectivity index (χ4v) is 2.35. The first-order valence-corrected chi connectivity index (χ1v) is 7.55. The van der Waals surface area contributed by atoms with Crippen molar-refractivity contribution in [2.75, 3.05) is 0 Å². The highest BCUT2D eigenvalue weighted by atomic mass is 79.9. The summed E-state index contributed by atoms with van der Waals surface area (Å²) in [6.45, 7) is 5.01. The Morgan fingerprint density at radius 2 is 2.16 bits per heavy atom. The molecular weight excluding hydrogens is 378 g/mol. The van der Waals surface area contributed by atoms with Crippen molar-refractivity contribution in [1.29, 1.82) is 0 Å². The topological polar surface area (TPSA) is 64.1 Å². The van der Waals surface area contributed by atoms with Crippen molar-refractivity contribution in [3.05, 3.63) is 33.1 Å². The van der Waals surface area contributed by atoms with E-state index in [4.69, 9.17) is 4.42 Å². The number of aliphatic hydroxyl groups excluding tert-OH is 1. The first-order chi connectivity index (χ1) is 8.97. The molecule has 0 aliphatic carbocycles. The zero-order valence-corrected chi connectivity index (χ0v) is 13.8. The Labute approximate surface area is 128 Å². The van der Waals surface area contributed by atoms with Crippen LogP contribution in [0.2, 0.25) is 0 Å². The van der Waals surface area contributed by atoms with Crippen LogP contribution in [0, 0.1) is 5.92 Å². The van der Waals surface area contributed by atoms with E-state index in [9.17, 15) is 5.11 Å². The molecule has 0 bridgehead atoms. The lowest BCUT2D eigenvalue weighted by Gasteiger charge is -2.10. The zero-order valence-electron chi connectivity index (χ0n) is 10.7. The summed E-state index contributed by atoms with van der Waals surface area (Å²) < 4.78 is 8.59. The summed E-state index contributed by atoms with van der Waals surface area (Å²) in [5.41, 5.74) is 0. The number of rotatable bonds is 5. The quantitative estimate of drug-likeness (QED) is 0.847. The predicted octanol–water partition coefficient (Wildman–Crippen LogP) is 3.33. The standard InChI is InChI=1S/C12H15Br2N3O2/c1-7(2)5-17-11(15-6-16-17)4-9(18)10-3-8(13)12(14)19-10/h3,6-7,9,18H,4-5H2,1-2H3. The van der Waals surface area contributed by atoms with E-state index in [1.807, 2.05) is 4.68 Å². The third-order valence-corrected chi connectivity index (χ3v) is 4.31. The van der Waals surface area contributed by atoms with Crippen molar-refractivity contribution in [2.45, 2.75) is 32.9 Å². The Balaban J connectivity index is 2.10. The van der Waals surface area contributed by atoms with Gasteiger partial charge < -0.3 is 9.52 Å². The molecule has 1 N–H and O–H groups in total. The van der Waals surface area contributed by atoms with Crippen LogP contribution in [0.25, 0.3) is 0 Å². The summed E-state index contributed by atoms with van der Waals surface area (Å²) in [6, 6.07) is 1.75. The van der Waals surface area contributed by atoms with Gasteiger partial charge in [-0.25, -0.2) is 9.67 Å². The molecule has 2 aromatic heterocycles. The van der Waals surface area contributed by atoms with Crippen LogP contribution in [0.4, 0.5) is 0 Å². The van der Waals surface area contributed by atoms with E-state index in [0.29, 0.717) is 22.8 Å². The molecule has 0 aliphatic heterocycles. The first-order valence-electron chi connectivity index (χ1n) is 5.97. The zero-order chi connectivity index (χ0) is 14.0. The molecule has 7 heteroatoms. The molecule has 0 radical (unpaired) electrons. The summed E-state index contributed by atoms with van der Waals surface area (Å²) in [6.07, 6.45) is 1.15. The Kier molecular flexibility index (Phi) is 4.81. The van der Waals surface area contributed by atoms with Crippen LogP contribution >= 0.6 is 31.9 Å². The SMILES string of the molecule is CC(C)Cn1ncnc1CC(O)c1cc(Br)c(Br)o1. The van der Waals surface area contributed by atoms with E-state index in [0.717, 1.165) is 16.8 Å². The maximum Gasteiger partial charge on any atom is 0.183 e. The average molecular weight is 393 g/mol. The molecule has 2 rings (SSSR count). The number of aliphatic hydroxyl groups is 1. The van der Waals surface area contributed by atoms with E-state index in [-0.39, 0.29) is 0 Å². The Morgan fingerprint density at radius 1 is 1.42 bits per heavy atom. The van der Waals surface area contributed by atoms with Gasteiger partial charge in [-0.3, -0.25) is 0 Å². The second kappa shape index (κ2) is 6.19. The normalized spacial score (nSPS) is 13.2. The maximum absolute atomic E-state index is 10.2. The van der Waals surface area contributed by atoms with Crippen LogP contribution in [-0.2, 0) is 13.0 Å². The molecule has 0 aliphatic rings. The largest absolute Gasteiger partial charge is 0.450 e. The van der Waals surface area contributed by atoms with Gasteiger partial charge in [0.1, 0.15) is 24.0 Å². The minimum Gasteiger partial charge on any atom is -0.450 e. The van der Waals surface area contributed by atoms with E-state index in [1.165, 1.54) is 6.33 Å². The van der Waals surface area contributed by atoms with Gasteiger partial charge in [-0.05, 0) is 43.8 Å². The molecular formula is C12H15Br2N3O2. The molecule has 0 amide bonds.